The normalized spacial score (nSPS) is 14.0. The Kier molecular flexibility index (Phi) is 13.8. The highest BCUT2D eigenvalue weighted by Gasteiger charge is 2.26. The quantitative estimate of drug-likeness (QED) is 0.172. The number of nitrogens with two attached hydrogens (primary N) is 1. The molecule has 1 rings (SSSR count). The van der Waals surface area contributed by atoms with Crippen molar-refractivity contribution in [3.8, 4) is 11.5 Å². The molecule has 0 bridgehead atoms. The first-order valence-electron chi connectivity index (χ1n) is 14.2. The van der Waals surface area contributed by atoms with E-state index in [2.05, 4.69) is 0 Å². The van der Waals surface area contributed by atoms with Crippen LogP contribution in [0.3, 0.4) is 0 Å². The van der Waals surface area contributed by atoms with Gasteiger partial charge >= 0.3 is 24.4 Å². The van der Waals surface area contributed by atoms with E-state index in [1.807, 2.05) is 62.3 Å². The molecule has 0 spiro atoms. The molecule has 0 heterocycles. The summed E-state index contributed by atoms with van der Waals surface area (Å²) in [5, 5.41) is 0. The maximum Gasteiger partial charge on any atom is 0.513 e. The van der Waals surface area contributed by atoms with E-state index in [1.165, 1.54) is 12.1 Å². The van der Waals surface area contributed by atoms with Crippen molar-refractivity contribution in [1.82, 2.24) is 0 Å². The van der Waals surface area contributed by atoms with E-state index in [4.69, 9.17) is 38.9 Å². The number of benzene rings is 1. The number of ether oxygens (including phenoxy) is 7. The van der Waals surface area contributed by atoms with Crippen molar-refractivity contribution in [3.63, 3.8) is 0 Å². The third kappa shape index (κ3) is 16.6. The van der Waals surface area contributed by atoms with E-state index < -0.39 is 42.7 Å². The summed E-state index contributed by atoms with van der Waals surface area (Å²) in [6.45, 7) is 20.5. The van der Waals surface area contributed by atoms with E-state index in [0.717, 1.165) is 0 Å². The van der Waals surface area contributed by atoms with Gasteiger partial charge in [-0.05, 0) is 54.2 Å². The highest BCUT2D eigenvalue weighted by Crippen LogP contribution is 2.30. The molecule has 0 unspecified atom stereocenters. The molecular weight excluding hydrogens is 562 g/mol. The summed E-state index contributed by atoms with van der Waals surface area (Å²) in [6, 6.07) is 3.22. The average molecular weight is 612 g/mol. The first kappa shape index (κ1) is 37.5. The molecule has 0 radical (unpaired) electrons. The minimum absolute atomic E-state index is 0.0173. The number of carbonyl (C=O) groups is 4. The molecule has 0 aliphatic heterocycles. The Hall–Kier alpha value is -3.54. The fourth-order valence-corrected chi connectivity index (χ4v) is 2.89. The molecule has 0 aromatic heterocycles. The summed E-state index contributed by atoms with van der Waals surface area (Å²) < 4.78 is 36.6. The molecule has 1 aromatic carbocycles. The summed E-state index contributed by atoms with van der Waals surface area (Å²) in [5.74, 6) is -0.970. The standard InChI is InChI=1S/C31H49NO11/c1-19(20(2)41-26(34)37-16-29(3,4)5)40-25(33)22(32)14-21-12-13-23(42-27(35)38-17-30(6,7)8)24(15-21)43-28(36)39-18-31(9,10)11/h12-13,15,19-20,22H,14,16-18,32H2,1-11H3/t19-,20-,22-/m0/s1. The minimum Gasteiger partial charge on any atom is -0.458 e. The average Bonchev–Trinajstić information content (AvgIpc) is 2.85. The predicted octanol–water partition coefficient (Wildman–Crippen LogP) is 6.20. The molecule has 244 valence electrons. The van der Waals surface area contributed by atoms with Gasteiger partial charge in [-0.15, -0.1) is 0 Å². The number of hydrogen-bond donors (Lipinski definition) is 1. The lowest BCUT2D eigenvalue weighted by atomic mass is 9.99. The van der Waals surface area contributed by atoms with Crippen LogP contribution in [0.5, 0.6) is 11.5 Å². The Morgan fingerprint density at radius 3 is 1.53 bits per heavy atom. The lowest BCUT2D eigenvalue weighted by Crippen LogP contribution is -2.39. The van der Waals surface area contributed by atoms with Gasteiger partial charge in [-0.3, -0.25) is 4.79 Å². The van der Waals surface area contributed by atoms with E-state index in [1.54, 1.807) is 19.9 Å². The lowest BCUT2D eigenvalue weighted by molar-refractivity contribution is -0.155. The van der Waals surface area contributed by atoms with Crippen molar-refractivity contribution in [3.05, 3.63) is 23.8 Å². The van der Waals surface area contributed by atoms with Gasteiger partial charge in [-0.25, -0.2) is 14.4 Å². The van der Waals surface area contributed by atoms with E-state index in [0.29, 0.717) is 5.56 Å². The third-order valence-corrected chi connectivity index (χ3v) is 5.27. The first-order valence-corrected chi connectivity index (χ1v) is 14.2. The van der Waals surface area contributed by atoms with Crippen LogP contribution in [-0.4, -0.2) is 62.5 Å². The molecule has 0 amide bonds. The highest BCUT2D eigenvalue weighted by molar-refractivity contribution is 5.76. The molecule has 2 N–H and O–H groups in total. The van der Waals surface area contributed by atoms with Gasteiger partial charge in [-0.1, -0.05) is 68.4 Å². The smallest absolute Gasteiger partial charge is 0.458 e. The van der Waals surface area contributed by atoms with Crippen molar-refractivity contribution in [2.75, 3.05) is 19.8 Å². The van der Waals surface area contributed by atoms with Crippen LogP contribution in [0.15, 0.2) is 18.2 Å². The van der Waals surface area contributed by atoms with Gasteiger partial charge in [-0.2, -0.15) is 0 Å². The second-order valence-electron chi connectivity index (χ2n) is 14.1. The monoisotopic (exact) mass is 611 g/mol. The van der Waals surface area contributed by atoms with Gasteiger partial charge < -0.3 is 38.9 Å². The maximum absolute atomic E-state index is 12.7. The molecule has 0 aliphatic rings. The van der Waals surface area contributed by atoms with Crippen molar-refractivity contribution < 1.29 is 52.3 Å². The second kappa shape index (κ2) is 15.8. The fourth-order valence-electron chi connectivity index (χ4n) is 2.89. The number of esters is 1. The van der Waals surface area contributed by atoms with Crippen molar-refractivity contribution in [1.29, 1.82) is 0 Å². The molecule has 43 heavy (non-hydrogen) atoms. The topological polar surface area (TPSA) is 159 Å². The number of rotatable bonds is 11. The fraction of sp³-hybridized carbons (Fsp3) is 0.677. The van der Waals surface area contributed by atoms with Gasteiger partial charge in [0.2, 0.25) is 0 Å². The van der Waals surface area contributed by atoms with Gasteiger partial charge in [0, 0.05) is 0 Å². The molecule has 0 saturated carbocycles. The summed E-state index contributed by atoms with van der Waals surface area (Å²) in [6.07, 6.45) is -4.48. The van der Waals surface area contributed by atoms with Gasteiger partial charge in [0.25, 0.3) is 0 Å². The van der Waals surface area contributed by atoms with E-state index in [-0.39, 0.29) is 54.0 Å². The maximum atomic E-state index is 12.7. The third-order valence-electron chi connectivity index (χ3n) is 5.27. The van der Waals surface area contributed by atoms with Crippen LogP contribution in [0.1, 0.15) is 81.7 Å². The molecule has 0 fully saturated rings. The molecular formula is C31H49NO11. The lowest BCUT2D eigenvalue weighted by Gasteiger charge is -2.23. The Balaban J connectivity index is 2.93. The summed E-state index contributed by atoms with van der Waals surface area (Å²) in [7, 11) is 0. The van der Waals surface area contributed by atoms with Gasteiger partial charge in [0.15, 0.2) is 11.5 Å². The molecule has 0 aliphatic carbocycles. The van der Waals surface area contributed by atoms with Crippen molar-refractivity contribution in [2.24, 2.45) is 22.0 Å². The van der Waals surface area contributed by atoms with Crippen LogP contribution < -0.4 is 15.2 Å². The molecule has 12 heteroatoms. The first-order chi connectivity index (χ1) is 19.5. The van der Waals surface area contributed by atoms with Crippen LogP contribution in [0, 0.1) is 16.2 Å². The van der Waals surface area contributed by atoms with Crippen LogP contribution in [0.4, 0.5) is 14.4 Å². The van der Waals surface area contributed by atoms with Crippen LogP contribution >= 0.6 is 0 Å². The molecule has 0 saturated heterocycles. The highest BCUT2D eigenvalue weighted by atomic mass is 16.7. The van der Waals surface area contributed by atoms with Gasteiger partial charge in [0.05, 0.1) is 19.8 Å². The Morgan fingerprint density at radius 2 is 1.07 bits per heavy atom. The van der Waals surface area contributed by atoms with Crippen LogP contribution in [-0.2, 0) is 34.9 Å². The SMILES string of the molecule is C[C@H](OC(=O)OCC(C)(C)C)[C@H](C)OC(=O)[C@@H](N)Cc1ccc(OC(=O)OCC(C)(C)C)c(OC(=O)OCC(C)(C)C)c1. The van der Waals surface area contributed by atoms with E-state index in [9.17, 15) is 19.2 Å². The zero-order chi connectivity index (χ0) is 33.2. The zero-order valence-corrected chi connectivity index (χ0v) is 27.4. The number of carbonyl (C=O) groups excluding carboxylic acids is 4. The Morgan fingerprint density at radius 1 is 0.651 bits per heavy atom. The van der Waals surface area contributed by atoms with Crippen molar-refractivity contribution >= 4 is 24.4 Å². The summed E-state index contributed by atoms with van der Waals surface area (Å²) >= 11 is 0. The van der Waals surface area contributed by atoms with Gasteiger partial charge in [0.1, 0.15) is 18.2 Å². The largest absolute Gasteiger partial charge is 0.513 e. The number of hydrogen-bond acceptors (Lipinski definition) is 12. The zero-order valence-electron chi connectivity index (χ0n) is 27.4. The minimum atomic E-state index is -1.12. The van der Waals surface area contributed by atoms with E-state index >= 15 is 0 Å². The second-order valence-corrected chi connectivity index (χ2v) is 14.1. The summed E-state index contributed by atoms with van der Waals surface area (Å²) in [4.78, 5) is 49.3. The van der Waals surface area contributed by atoms with Crippen LogP contribution in [0.25, 0.3) is 0 Å². The summed E-state index contributed by atoms with van der Waals surface area (Å²) in [5.41, 5.74) is 5.74. The Bertz CT molecular complexity index is 1100. The van der Waals surface area contributed by atoms with Crippen LogP contribution in [0.2, 0.25) is 0 Å². The predicted molar refractivity (Wildman–Crippen MR) is 158 cm³/mol. The Labute approximate surface area is 254 Å². The molecule has 3 atom stereocenters. The van der Waals surface area contributed by atoms with Crippen molar-refractivity contribution in [2.45, 2.75) is 101 Å². The molecule has 12 nitrogen and oxygen atoms in total. The molecule has 1 aromatic rings.